The van der Waals surface area contributed by atoms with Crippen molar-refractivity contribution >= 4 is 23.0 Å². The first-order valence-electron chi connectivity index (χ1n) is 5.50. The Morgan fingerprint density at radius 3 is 2.44 bits per heavy atom. The zero-order valence-electron chi connectivity index (χ0n) is 10.0. The molecular formula is C14H14N2O2. The lowest BCUT2D eigenvalue weighted by Crippen LogP contribution is -2.01. The van der Waals surface area contributed by atoms with Crippen molar-refractivity contribution in [1.29, 1.82) is 0 Å². The minimum atomic E-state index is -0.355. The van der Waals surface area contributed by atoms with Gasteiger partial charge in [-0.2, -0.15) is 0 Å². The summed E-state index contributed by atoms with van der Waals surface area (Å²) in [6.45, 7) is 0. The molecule has 18 heavy (non-hydrogen) atoms. The molecule has 0 aliphatic heterocycles. The second kappa shape index (κ2) is 5.23. The number of ether oxygens (including phenoxy) is 1. The number of carbonyl (C=O) groups is 1. The van der Waals surface area contributed by atoms with Crippen molar-refractivity contribution in [3.05, 3.63) is 54.1 Å². The van der Waals surface area contributed by atoms with Crippen molar-refractivity contribution in [1.82, 2.24) is 0 Å². The highest BCUT2D eigenvalue weighted by Crippen LogP contribution is 2.19. The van der Waals surface area contributed by atoms with Crippen molar-refractivity contribution in [3.8, 4) is 0 Å². The van der Waals surface area contributed by atoms with Gasteiger partial charge in [-0.25, -0.2) is 4.79 Å². The van der Waals surface area contributed by atoms with Gasteiger partial charge in [-0.15, -0.1) is 0 Å². The molecule has 0 aromatic heterocycles. The summed E-state index contributed by atoms with van der Waals surface area (Å²) in [6.07, 6.45) is 0. The number of nitrogens with one attached hydrogen (secondary N) is 1. The number of anilines is 3. The number of esters is 1. The van der Waals surface area contributed by atoms with E-state index in [1.165, 1.54) is 7.11 Å². The molecule has 0 amide bonds. The quantitative estimate of drug-likeness (QED) is 0.641. The van der Waals surface area contributed by atoms with Gasteiger partial charge in [0.1, 0.15) is 0 Å². The minimum Gasteiger partial charge on any atom is -0.465 e. The molecule has 4 heteroatoms. The van der Waals surface area contributed by atoms with Crippen molar-refractivity contribution < 1.29 is 9.53 Å². The molecule has 4 nitrogen and oxygen atoms in total. The number of nitrogen functional groups attached to an aromatic ring is 1. The number of hydrogen-bond donors (Lipinski definition) is 2. The van der Waals surface area contributed by atoms with E-state index in [-0.39, 0.29) is 5.97 Å². The molecule has 92 valence electrons. The van der Waals surface area contributed by atoms with Crippen LogP contribution in [0.1, 0.15) is 10.4 Å². The van der Waals surface area contributed by atoms with Crippen molar-refractivity contribution in [2.75, 3.05) is 18.2 Å². The zero-order chi connectivity index (χ0) is 13.0. The molecule has 0 bridgehead atoms. The molecule has 0 fully saturated rings. The average molecular weight is 242 g/mol. The molecule has 0 heterocycles. The largest absolute Gasteiger partial charge is 0.465 e. The molecule has 2 aromatic rings. The van der Waals surface area contributed by atoms with Crippen LogP contribution >= 0.6 is 0 Å². The van der Waals surface area contributed by atoms with Crippen molar-refractivity contribution in [2.45, 2.75) is 0 Å². The highest BCUT2D eigenvalue weighted by molar-refractivity contribution is 5.90. The minimum absolute atomic E-state index is 0.355. The lowest BCUT2D eigenvalue weighted by atomic mass is 10.2. The van der Waals surface area contributed by atoms with Crippen LogP contribution in [0.5, 0.6) is 0 Å². The Kier molecular flexibility index (Phi) is 3.48. The zero-order valence-corrected chi connectivity index (χ0v) is 10.0. The summed E-state index contributed by atoms with van der Waals surface area (Å²) >= 11 is 0. The van der Waals surface area contributed by atoms with E-state index in [1.807, 2.05) is 30.3 Å². The molecule has 0 spiro atoms. The second-order valence-electron chi connectivity index (χ2n) is 3.82. The van der Waals surface area contributed by atoms with Gasteiger partial charge in [-0.3, -0.25) is 0 Å². The van der Waals surface area contributed by atoms with E-state index in [2.05, 4.69) is 10.1 Å². The molecule has 2 rings (SSSR count). The molecule has 0 unspecified atom stereocenters. The van der Waals surface area contributed by atoms with Gasteiger partial charge < -0.3 is 15.8 Å². The second-order valence-corrected chi connectivity index (χ2v) is 3.82. The fourth-order valence-corrected chi connectivity index (χ4v) is 1.62. The van der Waals surface area contributed by atoms with Gasteiger partial charge in [0.15, 0.2) is 0 Å². The summed E-state index contributed by atoms with van der Waals surface area (Å²) in [5.74, 6) is -0.355. The molecule has 0 aliphatic rings. The summed E-state index contributed by atoms with van der Waals surface area (Å²) in [4.78, 5) is 11.4. The molecule has 2 aromatic carbocycles. The third kappa shape index (κ3) is 2.79. The predicted molar refractivity (Wildman–Crippen MR) is 71.9 cm³/mol. The predicted octanol–water partition coefficient (Wildman–Crippen LogP) is 2.80. The Morgan fingerprint density at radius 2 is 1.78 bits per heavy atom. The van der Waals surface area contributed by atoms with Gasteiger partial charge >= 0.3 is 5.97 Å². The average Bonchev–Trinajstić information content (AvgIpc) is 2.38. The van der Waals surface area contributed by atoms with Crippen molar-refractivity contribution in [3.63, 3.8) is 0 Å². The highest BCUT2D eigenvalue weighted by atomic mass is 16.5. The first-order chi connectivity index (χ1) is 8.69. The van der Waals surface area contributed by atoms with E-state index in [9.17, 15) is 4.79 Å². The molecule has 0 radical (unpaired) electrons. The van der Waals surface area contributed by atoms with Crippen LogP contribution in [0.15, 0.2) is 48.5 Å². The maximum Gasteiger partial charge on any atom is 0.337 e. The van der Waals surface area contributed by atoms with Crippen LogP contribution in [0.3, 0.4) is 0 Å². The number of rotatable bonds is 3. The third-order valence-corrected chi connectivity index (χ3v) is 2.46. The van der Waals surface area contributed by atoms with Crippen LogP contribution in [-0.4, -0.2) is 13.1 Å². The molecular weight excluding hydrogens is 228 g/mol. The Labute approximate surface area is 105 Å². The van der Waals surface area contributed by atoms with Crippen LogP contribution in [-0.2, 0) is 4.74 Å². The summed E-state index contributed by atoms with van der Waals surface area (Å²) in [7, 11) is 1.36. The maximum absolute atomic E-state index is 11.4. The fraction of sp³-hybridized carbons (Fsp3) is 0.0714. The molecule has 0 saturated carbocycles. The number of benzene rings is 2. The van der Waals surface area contributed by atoms with Gasteiger partial charge in [-0.05, 0) is 36.4 Å². The number of carbonyl (C=O) groups excluding carboxylic acids is 1. The van der Waals surface area contributed by atoms with E-state index in [4.69, 9.17) is 5.73 Å². The summed E-state index contributed by atoms with van der Waals surface area (Å²) in [5.41, 5.74) is 8.57. The van der Waals surface area contributed by atoms with E-state index in [0.717, 1.165) is 11.4 Å². The van der Waals surface area contributed by atoms with E-state index < -0.39 is 0 Å². The number of nitrogens with two attached hydrogens (primary N) is 1. The van der Waals surface area contributed by atoms with E-state index in [1.54, 1.807) is 18.2 Å². The Bertz CT molecular complexity index is 567. The van der Waals surface area contributed by atoms with E-state index in [0.29, 0.717) is 11.3 Å². The lowest BCUT2D eigenvalue weighted by Gasteiger charge is -2.08. The molecule has 0 aliphatic carbocycles. The fourth-order valence-electron chi connectivity index (χ4n) is 1.62. The van der Waals surface area contributed by atoms with E-state index >= 15 is 0 Å². The Hall–Kier alpha value is -2.49. The van der Waals surface area contributed by atoms with Crippen LogP contribution in [0.25, 0.3) is 0 Å². The van der Waals surface area contributed by atoms with Gasteiger partial charge in [0, 0.05) is 17.1 Å². The monoisotopic (exact) mass is 242 g/mol. The molecule has 0 atom stereocenters. The normalized spacial score (nSPS) is 9.83. The van der Waals surface area contributed by atoms with Crippen LogP contribution in [0, 0.1) is 0 Å². The van der Waals surface area contributed by atoms with Gasteiger partial charge in [0.25, 0.3) is 0 Å². The third-order valence-electron chi connectivity index (χ3n) is 2.46. The first kappa shape index (κ1) is 12.0. The van der Waals surface area contributed by atoms with Crippen molar-refractivity contribution in [2.24, 2.45) is 0 Å². The molecule has 3 N–H and O–H groups in total. The first-order valence-corrected chi connectivity index (χ1v) is 5.50. The summed E-state index contributed by atoms with van der Waals surface area (Å²) < 4.78 is 4.67. The topological polar surface area (TPSA) is 64.3 Å². The SMILES string of the molecule is COC(=O)c1cccc(Nc2cccc(N)c2)c1. The van der Waals surface area contributed by atoms with Crippen LogP contribution in [0.2, 0.25) is 0 Å². The Balaban J connectivity index is 2.22. The number of hydrogen-bond acceptors (Lipinski definition) is 4. The van der Waals surface area contributed by atoms with Crippen LogP contribution < -0.4 is 11.1 Å². The molecule has 0 saturated heterocycles. The van der Waals surface area contributed by atoms with Gasteiger partial charge in [-0.1, -0.05) is 12.1 Å². The van der Waals surface area contributed by atoms with Gasteiger partial charge in [0.2, 0.25) is 0 Å². The standard InChI is InChI=1S/C14H14N2O2/c1-18-14(17)10-4-2-6-12(8-10)16-13-7-3-5-11(15)9-13/h2-9,16H,15H2,1H3. The summed E-state index contributed by atoms with van der Waals surface area (Å²) in [5, 5.41) is 3.18. The smallest absolute Gasteiger partial charge is 0.337 e. The number of methoxy groups -OCH3 is 1. The lowest BCUT2D eigenvalue weighted by molar-refractivity contribution is 0.0601. The highest BCUT2D eigenvalue weighted by Gasteiger charge is 2.05. The maximum atomic E-state index is 11.4. The Morgan fingerprint density at radius 1 is 1.11 bits per heavy atom. The van der Waals surface area contributed by atoms with Gasteiger partial charge in [0.05, 0.1) is 12.7 Å². The van der Waals surface area contributed by atoms with Crippen LogP contribution in [0.4, 0.5) is 17.1 Å². The summed E-state index contributed by atoms with van der Waals surface area (Å²) in [6, 6.07) is 14.5.